The van der Waals surface area contributed by atoms with Gasteiger partial charge in [-0.15, -0.1) is 0 Å². The molecule has 1 N–H and O–H groups in total. The number of nitrogens with zero attached hydrogens (tertiary/aromatic N) is 1. The van der Waals surface area contributed by atoms with Gasteiger partial charge in [-0.3, -0.25) is 0 Å². The van der Waals surface area contributed by atoms with Crippen molar-refractivity contribution >= 4 is 44.5 Å². The third-order valence-corrected chi connectivity index (χ3v) is 5.47. The van der Waals surface area contributed by atoms with Crippen LogP contribution in [0, 0.1) is 0 Å². The van der Waals surface area contributed by atoms with Gasteiger partial charge in [0, 0.05) is 34.1 Å². The van der Waals surface area contributed by atoms with Crippen molar-refractivity contribution < 1.29 is 9.53 Å². The molecule has 0 amide bonds. The number of benzene rings is 1. The first-order chi connectivity index (χ1) is 11.2. The molecule has 0 spiro atoms. The first kappa shape index (κ1) is 16.4. The molecule has 4 nitrogen and oxygen atoms in total. The van der Waals surface area contributed by atoms with Crippen LogP contribution >= 0.6 is 27.5 Å². The molecule has 6 heteroatoms. The lowest BCUT2D eigenvalue weighted by Gasteiger charge is -2.25. The minimum absolute atomic E-state index is 0.287. The van der Waals surface area contributed by atoms with Crippen molar-refractivity contribution in [1.82, 2.24) is 9.88 Å². The van der Waals surface area contributed by atoms with Crippen molar-refractivity contribution in [3.8, 4) is 0 Å². The molecule has 128 valence electrons. The minimum atomic E-state index is -0.547. The first-order valence-corrected chi connectivity index (χ1v) is 9.43. The standard InChI is InChI=1S/C18H20BrClN2O2/c1-18(2,3)24-17(23)22-14-8-10-4-5-13(21-10)15(14)11-6-9(19)7-12(20)16(11)22/h6-7,10,13,21H,4-5,8H2,1-3H3. The molecule has 1 saturated heterocycles. The first-order valence-electron chi connectivity index (χ1n) is 8.26. The van der Waals surface area contributed by atoms with Gasteiger partial charge in [0.15, 0.2) is 0 Å². The predicted molar refractivity (Wildman–Crippen MR) is 98.9 cm³/mol. The Morgan fingerprint density at radius 2 is 2.12 bits per heavy atom. The largest absolute Gasteiger partial charge is 0.443 e. The number of hydrogen-bond donors (Lipinski definition) is 1. The van der Waals surface area contributed by atoms with Crippen LogP contribution in [0.4, 0.5) is 4.79 Å². The van der Waals surface area contributed by atoms with Crippen molar-refractivity contribution in [3.63, 3.8) is 0 Å². The van der Waals surface area contributed by atoms with E-state index < -0.39 is 5.60 Å². The van der Waals surface area contributed by atoms with Gasteiger partial charge in [-0.2, -0.15) is 0 Å². The lowest BCUT2D eigenvalue weighted by Crippen LogP contribution is -2.34. The van der Waals surface area contributed by atoms with E-state index in [1.807, 2.05) is 26.8 Å². The summed E-state index contributed by atoms with van der Waals surface area (Å²) < 4.78 is 8.29. The Balaban J connectivity index is 1.99. The average Bonchev–Trinajstić information content (AvgIpc) is 2.96. The number of halogens is 2. The topological polar surface area (TPSA) is 43.3 Å². The van der Waals surface area contributed by atoms with Gasteiger partial charge in [-0.05, 0) is 51.3 Å². The Bertz CT molecular complexity index is 853. The number of ether oxygens (including phenoxy) is 1. The van der Waals surface area contributed by atoms with Crippen molar-refractivity contribution in [2.24, 2.45) is 0 Å². The summed E-state index contributed by atoms with van der Waals surface area (Å²) in [5.74, 6) is 0. The molecule has 0 saturated carbocycles. The average molecular weight is 412 g/mol. The Labute approximate surface area is 154 Å². The van der Waals surface area contributed by atoms with Gasteiger partial charge in [-0.25, -0.2) is 9.36 Å². The quantitative estimate of drug-likeness (QED) is 0.649. The normalized spacial score (nSPS) is 22.7. The van der Waals surface area contributed by atoms with Crippen molar-refractivity contribution in [1.29, 1.82) is 0 Å². The second kappa shape index (κ2) is 5.48. The predicted octanol–water partition coefficient (Wildman–Crippen LogP) is 5.19. The summed E-state index contributed by atoms with van der Waals surface area (Å²) in [6, 6.07) is 4.61. The highest BCUT2D eigenvalue weighted by Crippen LogP contribution is 2.44. The van der Waals surface area contributed by atoms with E-state index in [0.717, 1.165) is 40.3 Å². The summed E-state index contributed by atoms with van der Waals surface area (Å²) in [4.78, 5) is 12.9. The lowest BCUT2D eigenvalue weighted by molar-refractivity contribution is 0.0539. The summed E-state index contributed by atoms with van der Waals surface area (Å²) in [5.41, 5.74) is 2.46. The highest BCUT2D eigenvalue weighted by atomic mass is 79.9. The summed E-state index contributed by atoms with van der Waals surface area (Å²) in [5, 5.41) is 5.25. The van der Waals surface area contributed by atoms with Gasteiger partial charge < -0.3 is 10.1 Å². The molecule has 2 atom stereocenters. The van der Waals surface area contributed by atoms with E-state index in [1.165, 1.54) is 5.56 Å². The fourth-order valence-electron chi connectivity index (χ4n) is 3.95. The van der Waals surface area contributed by atoms with Gasteiger partial charge in [0.1, 0.15) is 5.60 Å². The molecule has 2 unspecified atom stereocenters. The SMILES string of the molecule is CC(C)(C)OC(=O)n1c2c(c3cc(Br)cc(Cl)c31)C1CCC(C2)N1. The van der Waals surface area contributed by atoms with Gasteiger partial charge in [0.25, 0.3) is 0 Å². The lowest BCUT2D eigenvalue weighted by atomic mass is 9.99. The van der Waals surface area contributed by atoms with E-state index in [2.05, 4.69) is 27.3 Å². The molecular formula is C18H20BrClN2O2. The van der Waals surface area contributed by atoms with Crippen LogP contribution in [0.3, 0.4) is 0 Å². The van der Waals surface area contributed by atoms with Gasteiger partial charge >= 0.3 is 6.09 Å². The molecule has 4 rings (SSSR count). The number of hydrogen-bond acceptors (Lipinski definition) is 3. The number of fused-ring (bicyclic) bond motifs is 6. The maximum Gasteiger partial charge on any atom is 0.419 e. The Morgan fingerprint density at radius 1 is 1.38 bits per heavy atom. The summed E-state index contributed by atoms with van der Waals surface area (Å²) >= 11 is 10.1. The molecule has 2 bridgehead atoms. The van der Waals surface area contributed by atoms with E-state index in [9.17, 15) is 4.79 Å². The number of nitrogens with one attached hydrogen (secondary N) is 1. The zero-order chi connectivity index (χ0) is 17.2. The van der Waals surface area contributed by atoms with Gasteiger partial charge in [-0.1, -0.05) is 27.5 Å². The van der Waals surface area contributed by atoms with Crippen LogP contribution in [0.15, 0.2) is 16.6 Å². The number of aromatic nitrogens is 1. The summed E-state index contributed by atoms with van der Waals surface area (Å²) in [6.45, 7) is 5.64. The van der Waals surface area contributed by atoms with Crippen LogP contribution in [0.5, 0.6) is 0 Å². The van der Waals surface area contributed by atoms with E-state index in [1.54, 1.807) is 4.57 Å². The molecule has 0 radical (unpaired) electrons. The molecule has 1 fully saturated rings. The summed E-state index contributed by atoms with van der Waals surface area (Å²) in [7, 11) is 0. The molecule has 2 aliphatic rings. The Kier molecular flexibility index (Phi) is 3.75. The second-order valence-corrected chi connectivity index (χ2v) is 8.98. The highest BCUT2D eigenvalue weighted by molar-refractivity contribution is 9.10. The van der Waals surface area contributed by atoms with E-state index in [4.69, 9.17) is 16.3 Å². The molecule has 2 aromatic rings. The van der Waals surface area contributed by atoms with Crippen LogP contribution < -0.4 is 5.32 Å². The maximum absolute atomic E-state index is 12.9. The van der Waals surface area contributed by atoms with Crippen molar-refractivity contribution in [2.75, 3.05) is 0 Å². The smallest absolute Gasteiger partial charge is 0.419 e. The highest BCUT2D eigenvalue weighted by Gasteiger charge is 2.38. The molecule has 3 heterocycles. The number of carbonyl (C=O) groups excluding carboxylic acids is 1. The molecule has 0 aliphatic carbocycles. The van der Waals surface area contributed by atoms with Gasteiger partial charge in [0.05, 0.1) is 10.5 Å². The monoisotopic (exact) mass is 410 g/mol. The molecule has 24 heavy (non-hydrogen) atoms. The van der Waals surface area contributed by atoms with Crippen molar-refractivity contribution in [3.05, 3.63) is 32.9 Å². The maximum atomic E-state index is 12.9. The Hall–Kier alpha value is -1.04. The second-order valence-electron chi connectivity index (χ2n) is 7.66. The van der Waals surface area contributed by atoms with Gasteiger partial charge in [0.2, 0.25) is 0 Å². The van der Waals surface area contributed by atoms with Crippen LogP contribution in [-0.2, 0) is 11.2 Å². The zero-order valence-corrected chi connectivity index (χ0v) is 16.3. The van der Waals surface area contributed by atoms with Crippen molar-refractivity contribution in [2.45, 2.75) is 57.7 Å². The van der Waals surface area contributed by atoms with Crippen LogP contribution in [0.1, 0.15) is 50.9 Å². The zero-order valence-electron chi connectivity index (χ0n) is 14.0. The molecular weight excluding hydrogens is 392 g/mol. The number of rotatable bonds is 0. The van der Waals surface area contributed by atoms with Crippen LogP contribution in [0.2, 0.25) is 5.02 Å². The minimum Gasteiger partial charge on any atom is -0.443 e. The molecule has 2 aliphatic heterocycles. The molecule has 1 aromatic heterocycles. The Morgan fingerprint density at radius 3 is 2.83 bits per heavy atom. The number of carbonyl (C=O) groups is 1. The third kappa shape index (κ3) is 2.57. The van der Waals surface area contributed by atoms with E-state index in [-0.39, 0.29) is 12.1 Å². The third-order valence-electron chi connectivity index (χ3n) is 4.73. The van der Waals surface area contributed by atoms with E-state index in [0.29, 0.717) is 11.1 Å². The van der Waals surface area contributed by atoms with Crippen LogP contribution in [-0.4, -0.2) is 22.3 Å². The van der Waals surface area contributed by atoms with Crippen LogP contribution in [0.25, 0.3) is 10.9 Å². The molecule has 1 aromatic carbocycles. The fraction of sp³-hybridized carbons (Fsp3) is 0.500. The fourth-order valence-corrected chi connectivity index (χ4v) is 4.84. The van der Waals surface area contributed by atoms with E-state index >= 15 is 0 Å². The summed E-state index contributed by atoms with van der Waals surface area (Å²) in [6.07, 6.45) is 2.71.